The molecule has 0 spiro atoms. The molecule has 9 heteroatoms. The first-order valence-electron chi connectivity index (χ1n) is 11.7. The van der Waals surface area contributed by atoms with Crippen LogP contribution in [-0.4, -0.2) is 70.6 Å². The van der Waals surface area contributed by atoms with Crippen molar-refractivity contribution < 1.29 is 29.0 Å². The lowest BCUT2D eigenvalue weighted by atomic mass is 9.98. The molecule has 9 nitrogen and oxygen atoms in total. The van der Waals surface area contributed by atoms with Crippen LogP contribution in [0.4, 0.5) is 0 Å². The van der Waals surface area contributed by atoms with Crippen molar-refractivity contribution in [2.24, 2.45) is 5.92 Å². The molecule has 0 radical (unpaired) electrons. The highest BCUT2D eigenvalue weighted by Gasteiger charge is 2.41. The standard InChI is InChI=1S/C25H37N3O6/c1-6-16(2)22(27-20(29)12-17-10-8-7-9-11-17)23(31)26-14-21(30)28-15-18(34-25(3,4)5)13-19(28)24(32)33/h7-11,16,18-19,22H,6,12-15H2,1-5H3,(H,26,31)(H,27,29)(H,32,33)/t16-,18+,19-,22-/m0/s1. The first-order valence-corrected chi connectivity index (χ1v) is 11.7. The number of nitrogens with one attached hydrogen (secondary N) is 2. The van der Waals surface area contributed by atoms with E-state index in [1.807, 2.05) is 65.0 Å². The van der Waals surface area contributed by atoms with Crippen molar-refractivity contribution in [2.45, 2.75) is 77.7 Å². The normalized spacial score (nSPS) is 19.9. The molecule has 3 N–H and O–H groups in total. The molecule has 0 aliphatic carbocycles. The fourth-order valence-corrected chi connectivity index (χ4v) is 3.97. The van der Waals surface area contributed by atoms with Gasteiger partial charge < -0.3 is 25.4 Å². The SMILES string of the molecule is CC[C@H](C)[C@H](NC(=O)Cc1ccccc1)C(=O)NCC(=O)N1C[C@H](OC(C)(C)C)C[C@H]1C(=O)O. The Kier molecular flexibility index (Phi) is 9.61. The molecule has 1 heterocycles. The van der Waals surface area contributed by atoms with Crippen LogP contribution in [-0.2, 0) is 30.3 Å². The zero-order chi connectivity index (χ0) is 25.5. The van der Waals surface area contributed by atoms with Gasteiger partial charge >= 0.3 is 5.97 Å². The van der Waals surface area contributed by atoms with Gasteiger partial charge in [0.1, 0.15) is 12.1 Å². The molecule has 0 bridgehead atoms. The summed E-state index contributed by atoms with van der Waals surface area (Å²) < 4.78 is 5.87. The molecular weight excluding hydrogens is 438 g/mol. The summed E-state index contributed by atoms with van der Waals surface area (Å²) in [5.41, 5.74) is 0.363. The van der Waals surface area contributed by atoms with Crippen LogP contribution < -0.4 is 10.6 Å². The molecule has 1 aromatic carbocycles. The quantitative estimate of drug-likeness (QED) is 0.473. The number of carboxylic acid groups (broad SMARTS) is 1. The molecule has 34 heavy (non-hydrogen) atoms. The molecule has 4 atom stereocenters. The average molecular weight is 476 g/mol. The molecule has 0 saturated carbocycles. The highest BCUT2D eigenvalue weighted by atomic mass is 16.5. The van der Waals surface area contributed by atoms with Gasteiger partial charge in [0.2, 0.25) is 17.7 Å². The monoisotopic (exact) mass is 475 g/mol. The van der Waals surface area contributed by atoms with Gasteiger partial charge in [-0.1, -0.05) is 50.6 Å². The minimum absolute atomic E-state index is 0.142. The van der Waals surface area contributed by atoms with Crippen LogP contribution in [0.1, 0.15) is 53.0 Å². The number of aliphatic carboxylic acids is 1. The second-order valence-corrected chi connectivity index (χ2v) is 9.80. The fraction of sp³-hybridized carbons (Fsp3) is 0.600. The van der Waals surface area contributed by atoms with Gasteiger partial charge in [-0.05, 0) is 32.3 Å². The lowest BCUT2D eigenvalue weighted by Gasteiger charge is -2.26. The summed E-state index contributed by atoms with van der Waals surface area (Å²) in [6.07, 6.45) is 0.586. The van der Waals surface area contributed by atoms with Crippen LogP contribution in [0.15, 0.2) is 30.3 Å². The van der Waals surface area contributed by atoms with Crippen molar-refractivity contribution in [1.82, 2.24) is 15.5 Å². The maximum absolute atomic E-state index is 12.9. The van der Waals surface area contributed by atoms with Crippen molar-refractivity contribution in [3.8, 4) is 0 Å². The predicted octanol–water partition coefficient (Wildman–Crippen LogP) is 1.75. The van der Waals surface area contributed by atoms with Gasteiger partial charge in [-0.25, -0.2) is 4.79 Å². The molecule has 1 aliphatic rings. The van der Waals surface area contributed by atoms with Gasteiger partial charge in [-0.15, -0.1) is 0 Å². The third-order valence-electron chi connectivity index (χ3n) is 5.82. The Labute approximate surface area is 201 Å². The van der Waals surface area contributed by atoms with Crippen LogP contribution in [0.3, 0.4) is 0 Å². The number of ether oxygens (including phenoxy) is 1. The molecule has 0 aromatic heterocycles. The lowest BCUT2D eigenvalue weighted by molar-refractivity contribution is -0.148. The summed E-state index contributed by atoms with van der Waals surface area (Å²) in [4.78, 5) is 51.1. The van der Waals surface area contributed by atoms with E-state index >= 15 is 0 Å². The van der Waals surface area contributed by atoms with E-state index in [0.29, 0.717) is 6.42 Å². The number of likely N-dealkylation sites (tertiary alicyclic amines) is 1. The molecule has 1 aliphatic heterocycles. The molecule has 2 rings (SSSR count). The Morgan fingerprint density at radius 2 is 1.82 bits per heavy atom. The number of carboxylic acids is 1. The van der Waals surface area contributed by atoms with E-state index in [1.54, 1.807) is 0 Å². The molecule has 3 amide bonds. The summed E-state index contributed by atoms with van der Waals surface area (Å²) in [6.45, 7) is 9.16. The van der Waals surface area contributed by atoms with Crippen LogP contribution in [0, 0.1) is 5.92 Å². The zero-order valence-electron chi connectivity index (χ0n) is 20.7. The Balaban J connectivity index is 1.98. The van der Waals surface area contributed by atoms with E-state index in [2.05, 4.69) is 10.6 Å². The van der Waals surface area contributed by atoms with Gasteiger partial charge in [-0.3, -0.25) is 14.4 Å². The van der Waals surface area contributed by atoms with E-state index in [1.165, 1.54) is 4.90 Å². The topological polar surface area (TPSA) is 125 Å². The van der Waals surface area contributed by atoms with Crippen LogP contribution in [0.2, 0.25) is 0 Å². The second-order valence-electron chi connectivity index (χ2n) is 9.80. The van der Waals surface area contributed by atoms with Gasteiger partial charge in [0.25, 0.3) is 0 Å². The highest BCUT2D eigenvalue weighted by molar-refractivity contribution is 5.92. The Morgan fingerprint density at radius 3 is 2.38 bits per heavy atom. The Bertz CT molecular complexity index is 867. The van der Waals surface area contributed by atoms with Crippen LogP contribution >= 0.6 is 0 Å². The highest BCUT2D eigenvalue weighted by Crippen LogP contribution is 2.24. The molecule has 1 aromatic rings. The first-order chi connectivity index (χ1) is 15.9. The number of amides is 3. The third-order valence-corrected chi connectivity index (χ3v) is 5.82. The summed E-state index contributed by atoms with van der Waals surface area (Å²) in [7, 11) is 0. The summed E-state index contributed by atoms with van der Waals surface area (Å²) in [5.74, 6) is -2.52. The molecule has 188 valence electrons. The number of nitrogens with zero attached hydrogens (tertiary/aromatic N) is 1. The molecule has 0 unspecified atom stereocenters. The van der Waals surface area contributed by atoms with Crippen LogP contribution in [0.25, 0.3) is 0 Å². The first kappa shape index (κ1) is 27.3. The third kappa shape index (κ3) is 8.13. The van der Waals surface area contributed by atoms with Gasteiger partial charge in [0.15, 0.2) is 0 Å². The molecule has 1 saturated heterocycles. The van der Waals surface area contributed by atoms with E-state index in [4.69, 9.17) is 4.74 Å². The van der Waals surface area contributed by atoms with Gasteiger partial charge in [-0.2, -0.15) is 0 Å². The maximum atomic E-state index is 12.9. The zero-order valence-corrected chi connectivity index (χ0v) is 20.7. The van der Waals surface area contributed by atoms with E-state index in [0.717, 1.165) is 5.56 Å². The van der Waals surface area contributed by atoms with E-state index in [-0.39, 0.29) is 37.8 Å². The predicted molar refractivity (Wildman–Crippen MR) is 127 cm³/mol. The average Bonchev–Trinajstić information content (AvgIpc) is 3.18. The summed E-state index contributed by atoms with van der Waals surface area (Å²) >= 11 is 0. The lowest BCUT2D eigenvalue weighted by Crippen LogP contribution is -2.53. The minimum Gasteiger partial charge on any atom is -0.480 e. The van der Waals surface area contributed by atoms with E-state index in [9.17, 15) is 24.3 Å². The summed E-state index contributed by atoms with van der Waals surface area (Å²) in [5, 5.41) is 14.9. The number of hydrogen-bond donors (Lipinski definition) is 3. The maximum Gasteiger partial charge on any atom is 0.326 e. The van der Waals surface area contributed by atoms with Crippen molar-refractivity contribution in [3.05, 3.63) is 35.9 Å². The van der Waals surface area contributed by atoms with Crippen molar-refractivity contribution in [2.75, 3.05) is 13.1 Å². The molecular formula is C25H37N3O6. The van der Waals surface area contributed by atoms with Crippen LogP contribution in [0.5, 0.6) is 0 Å². The number of rotatable bonds is 10. The Hall–Kier alpha value is -2.94. The van der Waals surface area contributed by atoms with E-state index < -0.39 is 41.6 Å². The smallest absolute Gasteiger partial charge is 0.326 e. The number of benzene rings is 1. The van der Waals surface area contributed by atoms with Crippen molar-refractivity contribution in [1.29, 1.82) is 0 Å². The number of hydrogen-bond acceptors (Lipinski definition) is 5. The number of carbonyl (C=O) groups excluding carboxylic acids is 3. The van der Waals surface area contributed by atoms with Gasteiger partial charge in [0.05, 0.1) is 24.7 Å². The second kappa shape index (κ2) is 12.0. The number of carbonyl (C=O) groups is 4. The minimum atomic E-state index is -1.11. The summed E-state index contributed by atoms with van der Waals surface area (Å²) in [6, 6.07) is 7.40. The Morgan fingerprint density at radius 1 is 1.18 bits per heavy atom. The fourth-order valence-electron chi connectivity index (χ4n) is 3.97. The van der Waals surface area contributed by atoms with Gasteiger partial charge in [0, 0.05) is 13.0 Å². The molecule has 1 fully saturated rings. The largest absolute Gasteiger partial charge is 0.480 e. The van der Waals surface area contributed by atoms with Crippen molar-refractivity contribution >= 4 is 23.7 Å². The van der Waals surface area contributed by atoms with Crippen molar-refractivity contribution in [3.63, 3.8) is 0 Å².